The molecule has 0 aliphatic carbocycles. The Morgan fingerprint density at radius 2 is 1.74 bits per heavy atom. The van der Waals surface area contributed by atoms with Gasteiger partial charge < -0.3 is 18.6 Å². The van der Waals surface area contributed by atoms with Crippen LogP contribution >= 0.6 is 0 Å². The molecule has 0 saturated heterocycles. The van der Waals surface area contributed by atoms with Gasteiger partial charge >= 0.3 is 5.97 Å². The third-order valence-electron chi connectivity index (χ3n) is 5.82. The van der Waals surface area contributed by atoms with Crippen LogP contribution in [0.3, 0.4) is 0 Å². The number of benzene rings is 3. The highest BCUT2D eigenvalue weighted by atomic mass is 16.6. The number of aryl methyl sites for hydroxylation is 2. The van der Waals surface area contributed by atoms with Gasteiger partial charge in [-0.25, -0.2) is 4.79 Å². The van der Waals surface area contributed by atoms with E-state index in [1.54, 1.807) is 36.4 Å². The van der Waals surface area contributed by atoms with E-state index < -0.39 is 5.97 Å². The normalized spacial score (nSPS) is 12.5. The van der Waals surface area contributed by atoms with Crippen LogP contribution in [0.1, 0.15) is 34.8 Å². The second kappa shape index (κ2) is 9.06. The maximum atomic E-state index is 13.4. The van der Waals surface area contributed by atoms with E-state index in [1.807, 2.05) is 32.0 Å². The molecule has 0 radical (unpaired) electrons. The van der Waals surface area contributed by atoms with Gasteiger partial charge in [0.05, 0.1) is 16.5 Å². The predicted octanol–water partition coefficient (Wildman–Crippen LogP) is 5.71. The van der Waals surface area contributed by atoms with Crippen molar-refractivity contribution in [2.75, 3.05) is 13.2 Å². The first-order valence-corrected chi connectivity index (χ1v) is 11.3. The van der Waals surface area contributed by atoms with Gasteiger partial charge in [-0.3, -0.25) is 4.79 Å². The van der Waals surface area contributed by atoms with Crippen molar-refractivity contribution in [2.24, 2.45) is 0 Å². The average Bonchev–Trinajstić information content (AvgIpc) is 2.85. The minimum absolute atomic E-state index is 0.160. The van der Waals surface area contributed by atoms with Gasteiger partial charge in [-0.05, 0) is 54.8 Å². The Labute approximate surface area is 196 Å². The van der Waals surface area contributed by atoms with Crippen LogP contribution < -0.4 is 19.6 Å². The van der Waals surface area contributed by atoms with Crippen molar-refractivity contribution >= 4 is 16.9 Å². The van der Waals surface area contributed by atoms with E-state index in [9.17, 15) is 9.59 Å². The van der Waals surface area contributed by atoms with E-state index in [1.165, 1.54) is 6.26 Å². The molecule has 0 spiro atoms. The van der Waals surface area contributed by atoms with Crippen molar-refractivity contribution in [1.82, 2.24) is 0 Å². The highest BCUT2D eigenvalue weighted by Gasteiger charge is 2.18. The Hall–Kier alpha value is -4.06. The number of carbonyl (C=O) groups is 1. The maximum absolute atomic E-state index is 13.4. The number of hydrogen-bond acceptors (Lipinski definition) is 6. The second-order valence-electron chi connectivity index (χ2n) is 8.30. The zero-order chi connectivity index (χ0) is 23.7. The summed E-state index contributed by atoms with van der Waals surface area (Å²) in [5, 5.41) is 0.436. The van der Waals surface area contributed by atoms with Gasteiger partial charge in [-0.15, -0.1) is 0 Å². The molecular weight excluding hydrogens is 432 g/mol. The zero-order valence-corrected chi connectivity index (χ0v) is 19.1. The van der Waals surface area contributed by atoms with Crippen molar-refractivity contribution in [3.8, 4) is 28.4 Å². The number of hydrogen-bond donors (Lipinski definition) is 0. The first kappa shape index (κ1) is 21.8. The van der Waals surface area contributed by atoms with Crippen molar-refractivity contribution in [3.05, 3.63) is 87.8 Å². The highest BCUT2D eigenvalue weighted by molar-refractivity contribution is 5.92. The van der Waals surface area contributed by atoms with Gasteiger partial charge in [-0.2, -0.15) is 0 Å². The minimum Gasteiger partial charge on any atom is -0.486 e. The molecule has 172 valence electrons. The number of ether oxygens (including phenoxy) is 3. The molecule has 6 heteroatoms. The smallest absolute Gasteiger partial charge is 0.343 e. The predicted molar refractivity (Wildman–Crippen MR) is 129 cm³/mol. The summed E-state index contributed by atoms with van der Waals surface area (Å²) in [5.74, 6) is 1.21. The van der Waals surface area contributed by atoms with Crippen molar-refractivity contribution in [3.63, 3.8) is 0 Å². The van der Waals surface area contributed by atoms with Gasteiger partial charge in [0.25, 0.3) is 0 Å². The van der Waals surface area contributed by atoms with Crippen LogP contribution in [0.25, 0.3) is 22.1 Å². The minimum atomic E-state index is -0.452. The summed E-state index contributed by atoms with van der Waals surface area (Å²) < 4.78 is 22.8. The van der Waals surface area contributed by atoms with Crippen molar-refractivity contribution in [2.45, 2.75) is 26.7 Å². The number of esters is 1. The Balaban J connectivity index is 1.54. The molecule has 2 heterocycles. The van der Waals surface area contributed by atoms with Crippen LogP contribution in [-0.4, -0.2) is 19.2 Å². The lowest BCUT2D eigenvalue weighted by Crippen LogP contribution is -2.15. The third kappa shape index (κ3) is 4.15. The molecule has 1 aromatic heterocycles. The zero-order valence-electron chi connectivity index (χ0n) is 19.1. The van der Waals surface area contributed by atoms with E-state index in [2.05, 4.69) is 0 Å². The molecule has 0 saturated carbocycles. The molecule has 0 amide bonds. The summed E-state index contributed by atoms with van der Waals surface area (Å²) in [4.78, 5) is 26.1. The molecule has 1 aliphatic heterocycles. The maximum Gasteiger partial charge on any atom is 0.343 e. The molecule has 3 aromatic carbocycles. The lowest BCUT2D eigenvalue weighted by atomic mass is 10.0. The topological polar surface area (TPSA) is 75.0 Å². The third-order valence-corrected chi connectivity index (χ3v) is 5.82. The SMILES string of the molecule is CCCc1cc2c(=O)c(-c3ccc4c(c3)OCCO4)coc2cc1OC(=O)c1ccc(C)cc1. The molecule has 5 rings (SSSR count). The molecular formula is C28H24O6. The largest absolute Gasteiger partial charge is 0.486 e. The van der Waals surface area contributed by atoms with Crippen LogP contribution in [-0.2, 0) is 6.42 Å². The molecule has 6 nitrogen and oxygen atoms in total. The lowest BCUT2D eigenvalue weighted by Gasteiger charge is -2.18. The van der Waals surface area contributed by atoms with Gasteiger partial charge in [0.1, 0.15) is 30.8 Å². The summed E-state index contributed by atoms with van der Waals surface area (Å²) in [5.41, 5.74) is 3.61. The molecule has 0 fully saturated rings. The number of fused-ring (bicyclic) bond motifs is 2. The van der Waals surface area contributed by atoms with E-state index >= 15 is 0 Å². The van der Waals surface area contributed by atoms with Gasteiger partial charge in [0, 0.05) is 6.07 Å². The van der Waals surface area contributed by atoms with Crippen LogP contribution in [0.2, 0.25) is 0 Å². The van der Waals surface area contributed by atoms with Crippen molar-refractivity contribution < 1.29 is 23.4 Å². The fourth-order valence-electron chi connectivity index (χ4n) is 4.02. The standard InChI is InChI=1S/C28H24O6/c1-3-4-20-13-21-25(15-24(20)34-28(30)18-7-5-17(2)6-8-18)33-16-22(27(21)29)19-9-10-23-26(14-19)32-12-11-31-23/h5-10,13-16H,3-4,11-12H2,1-2H3. The van der Waals surface area contributed by atoms with E-state index in [-0.39, 0.29) is 5.43 Å². The number of carbonyl (C=O) groups excluding carboxylic acids is 1. The van der Waals surface area contributed by atoms with Gasteiger partial charge in [0.15, 0.2) is 11.5 Å². The molecule has 0 bridgehead atoms. The summed E-state index contributed by atoms with van der Waals surface area (Å²) in [6.45, 7) is 4.96. The molecule has 34 heavy (non-hydrogen) atoms. The second-order valence-corrected chi connectivity index (χ2v) is 8.30. The van der Waals surface area contributed by atoms with Crippen LogP contribution in [0.4, 0.5) is 0 Å². The van der Waals surface area contributed by atoms with E-state index in [0.717, 1.165) is 17.5 Å². The highest BCUT2D eigenvalue weighted by Crippen LogP contribution is 2.35. The Morgan fingerprint density at radius 1 is 0.971 bits per heavy atom. The van der Waals surface area contributed by atoms with Gasteiger partial charge in [-0.1, -0.05) is 37.1 Å². The van der Waals surface area contributed by atoms with Crippen molar-refractivity contribution in [1.29, 1.82) is 0 Å². The monoisotopic (exact) mass is 456 g/mol. The Bertz CT molecular complexity index is 1430. The fourth-order valence-corrected chi connectivity index (χ4v) is 4.02. The molecule has 4 aromatic rings. The first-order valence-electron chi connectivity index (χ1n) is 11.3. The Kier molecular flexibility index (Phi) is 5.80. The molecule has 0 unspecified atom stereocenters. The molecule has 0 N–H and O–H groups in total. The summed E-state index contributed by atoms with van der Waals surface area (Å²) in [6, 6.07) is 16.0. The molecule has 1 aliphatic rings. The Morgan fingerprint density at radius 3 is 2.50 bits per heavy atom. The first-order chi connectivity index (χ1) is 16.5. The van der Waals surface area contributed by atoms with Crippen LogP contribution in [0.5, 0.6) is 17.2 Å². The van der Waals surface area contributed by atoms with Gasteiger partial charge in [0.2, 0.25) is 5.43 Å². The quantitative estimate of drug-likeness (QED) is 0.283. The van der Waals surface area contributed by atoms with Crippen LogP contribution in [0, 0.1) is 6.92 Å². The lowest BCUT2D eigenvalue weighted by molar-refractivity contribution is 0.0733. The van der Waals surface area contributed by atoms with E-state index in [4.69, 9.17) is 18.6 Å². The number of rotatable bonds is 5. The summed E-state index contributed by atoms with van der Waals surface area (Å²) in [7, 11) is 0. The average molecular weight is 456 g/mol. The fraction of sp³-hybridized carbons (Fsp3) is 0.214. The van der Waals surface area contributed by atoms with E-state index in [0.29, 0.717) is 64.5 Å². The molecule has 0 atom stereocenters. The van der Waals surface area contributed by atoms with Crippen LogP contribution in [0.15, 0.2) is 70.1 Å². The summed E-state index contributed by atoms with van der Waals surface area (Å²) >= 11 is 0. The summed E-state index contributed by atoms with van der Waals surface area (Å²) in [6.07, 6.45) is 2.91.